The summed E-state index contributed by atoms with van der Waals surface area (Å²) in [5.41, 5.74) is 6.60. The largest absolute Gasteiger partial charge is 0.469 e. The number of nitrogens with zero attached hydrogens (tertiary/aromatic N) is 3. The number of thioether (sulfide) groups is 1. The highest BCUT2D eigenvalue weighted by atomic mass is 32.2. The Hall–Kier alpha value is -3.41. The smallest absolute Gasteiger partial charge is 0.308 e. The third kappa shape index (κ3) is 17.6. The molecule has 1 aliphatic heterocycles. The molecule has 1 heterocycles. The number of amides is 2. The molecule has 0 saturated carbocycles. The maximum absolute atomic E-state index is 13.4. The number of amidine groups is 2. The van der Waals surface area contributed by atoms with Crippen molar-refractivity contribution in [2.24, 2.45) is 15.7 Å². The van der Waals surface area contributed by atoms with E-state index in [4.69, 9.17) is 10.5 Å². The van der Waals surface area contributed by atoms with Crippen molar-refractivity contribution in [2.75, 3.05) is 26.7 Å². The van der Waals surface area contributed by atoms with Crippen LogP contribution in [0, 0.1) is 0 Å². The number of hydrogen-bond donors (Lipinski definition) is 2. The van der Waals surface area contributed by atoms with E-state index < -0.39 is 16.8 Å². The molecule has 1 aromatic rings. The van der Waals surface area contributed by atoms with Gasteiger partial charge in [0, 0.05) is 43.2 Å². The molecule has 2 rings (SSSR count). The van der Waals surface area contributed by atoms with Gasteiger partial charge in [0.05, 0.1) is 13.5 Å². The van der Waals surface area contributed by atoms with Crippen molar-refractivity contribution in [3.05, 3.63) is 35.4 Å². The van der Waals surface area contributed by atoms with E-state index in [0.717, 1.165) is 19.3 Å². The molecule has 12 heteroatoms. The fourth-order valence-electron chi connectivity index (χ4n) is 5.74. The first kappa shape index (κ1) is 43.8. The molecule has 0 bridgehead atoms. The van der Waals surface area contributed by atoms with E-state index >= 15 is 0 Å². The van der Waals surface area contributed by atoms with Crippen molar-refractivity contribution >= 4 is 46.5 Å². The lowest BCUT2D eigenvalue weighted by Crippen LogP contribution is -2.43. The molecule has 11 nitrogen and oxygen atoms in total. The summed E-state index contributed by atoms with van der Waals surface area (Å²) in [6.07, 6.45) is 15.8. The lowest BCUT2D eigenvalue weighted by atomic mass is 10.1. The van der Waals surface area contributed by atoms with Gasteiger partial charge < -0.3 is 25.4 Å². The number of hydrogen-bond acceptors (Lipinski definition) is 8. The number of esters is 2. The van der Waals surface area contributed by atoms with Crippen LogP contribution in [-0.4, -0.2) is 83.3 Å². The van der Waals surface area contributed by atoms with Gasteiger partial charge in [-0.3, -0.25) is 24.2 Å². The first-order valence-corrected chi connectivity index (χ1v) is 19.8. The van der Waals surface area contributed by atoms with Crippen molar-refractivity contribution in [2.45, 2.75) is 148 Å². The molecule has 0 spiro atoms. The number of carbonyl (C=O) groups excluding carboxylic acids is 4. The second-order valence-electron chi connectivity index (χ2n) is 14.2. The third-order valence-corrected chi connectivity index (χ3v) is 10.0. The van der Waals surface area contributed by atoms with Crippen LogP contribution >= 0.6 is 11.8 Å². The summed E-state index contributed by atoms with van der Waals surface area (Å²) in [7, 11) is 1.35. The van der Waals surface area contributed by atoms with Crippen LogP contribution in [0.5, 0.6) is 0 Å². The SMILES string of the molecule is CCCCCCCCCCCCCCN1C(=NC(=O)c2ccc(C(N)=NCCCC(=O)OC)cc2)SC(C(=O)NCCC(=O)OC(C)(C)C)C1C. The van der Waals surface area contributed by atoms with Gasteiger partial charge in [-0.05, 0) is 52.7 Å². The Morgan fingerprint density at radius 1 is 0.843 bits per heavy atom. The van der Waals surface area contributed by atoms with Gasteiger partial charge in [0.2, 0.25) is 5.91 Å². The molecule has 2 amide bonds. The Kier molecular flexibility index (Phi) is 20.5. The zero-order valence-corrected chi connectivity index (χ0v) is 32.8. The topological polar surface area (TPSA) is 153 Å². The molecular formula is C39H63N5O6S. The second-order valence-corrected chi connectivity index (χ2v) is 15.3. The number of nitrogens with one attached hydrogen (secondary N) is 1. The van der Waals surface area contributed by atoms with Crippen LogP contribution in [0.2, 0.25) is 0 Å². The summed E-state index contributed by atoms with van der Waals surface area (Å²) < 4.78 is 10.0. The normalized spacial score (nSPS) is 17.1. The third-order valence-electron chi connectivity index (χ3n) is 8.64. The molecule has 0 aromatic heterocycles. The zero-order valence-electron chi connectivity index (χ0n) is 32.0. The Balaban J connectivity index is 2.01. The van der Waals surface area contributed by atoms with Crippen LogP contribution in [0.4, 0.5) is 0 Å². The molecule has 0 aliphatic carbocycles. The monoisotopic (exact) mass is 729 g/mol. The zero-order chi connectivity index (χ0) is 37.6. The van der Waals surface area contributed by atoms with E-state index in [0.29, 0.717) is 41.6 Å². The number of aliphatic imine (C=N–C) groups is 2. The molecule has 286 valence electrons. The maximum atomic E-state index is 13.4. The van der Waals surface area contributed by atoms with Crippen molar-refractivity contribution < 1.29 is 28.7 Å². The van der Waals surface area contributed by atoms with Gasteiger partial charge in [0.15, 0.2) is 5.17 Å². The molecule has 1 fully saturated rings. The van der Waals surface area contributed by atoms with Crippen molar-refractivity contribution in [3.63, 3.8) is 0 Å². The molecular weight excluding hydrogens is 667 g/mol. The first-order chi connectivity index (χ1) is 24.4. The van der Waals surface area contributed by atoms with Gasteiger partial charge in [0.1, 0.15) is 16.7 Å². The van der Waals surface area contributed by atoms with E-state index in [-0.39, 0.29) is 43.3 Å². The number of ether oxygens (including phenoxy) is 2. The Bertz CT molecular complexity index is 1290. The van der Waals surface area contributed by atoms with E-state index in [2.05, 4.69) is 31.9 Å². The number of methoxy groups -OCH3 is 1. The van der Waals surface area contributed by atoms with Crippen LogP contribution in [0.3, 0.4) is 0 Å². The fourth-order valence-corrected chi connectivity index (χ4v) is 7.03. The highest BCUT2D eigenvalue weighted by Crippen LogP contribution is 2.33. The molecule has 0 radical (unpaired) electrons. The van der Waals surface area contributed by atoms with Crippen molar-refractivity contribution in [3.8, 4) is 0 Å². The molecule has 2 unspecified atom stereocenters. The minimum Gasteiger partial charge on any atom is -0.469 e. The van der Waals surface area contributed by atoms with E-state index in [9.17, 15) is 19.2 Å². The number of rotatable bonds is 23. The van der Waals surface area contributed by atoms with Crippen LogP contribution in [0.15, 0.2) is 34.3 Å². The summed E-state index contributed by atoms with van der Waals surface area (Å²) in [5, 5.41) is 2.93. The van der Waals surface area contributed by atoms with E-state index in [1.165, 1.54) is 76.7 Å². The van der Waals surface area contributed by atoms with Gasteiger partial charge in [-0.15, -0.1) is 0 Å². The van der Waals surface area contributed by atoms with Gasteiger partial charge in [0.25, 0.3) is 5.91 Å². The number of carbonyl (C=O) groups is 4. The van der Waals surface area contributed by atoms with Gasteiger partial charge in [-0.2, -0.15) is 4.99 Å². The standard InChI is InChI=1S/C39H63N5O6S/c1-7-8-9-10-11-12-13-14-15-16-17-18-28-44-29(2)34(37(48)42-27-25-33(46)50-39(3,4)5)51-38(44)43-36(47)31-23-21-30(22-24-31)35(40)41-26-19-20-32(45)49-6/h21-24,29,34H,7-20,25-28H2,1-6H3,(H2,40,41)(H,42,48). The molecule has 51 heavy (non-hydrogen) atoms. The van der Waals surface area contributed by atoms with Crippen molar-refractivity contribution in [1.29, 1.82) is 0 Å². The predicted molar refractivity (Wildman–Crippen MR) is 207 cm³/mol. The van der Waals surface area contributed by atoms with E-state index in [1.54, 1.807) is 24.3 Å². The second kappa shape index (κ2) is 23.9. The minimum atomic E-state index is -0.587. The predicted octanol–water partition coefficient (Wildman–Crippen LogP) is 7.20. The first-order valence-electron chi connectivity index (χ1n) is 18.9. The molecule has 1 aromatic carbocycles. The van der Waals surface area contributed by atoms with Crippen LogP contribution in [0.1, 0.15) is 147 Å². The number of unbranched alkanes of at least 4 members (excludes halogenated alkanes) is 11. The molecule has 3 N–H and O–H groups in total. The molecule has 2 atom stereocenters. The van der Waals surface area contributed by atoms with Gasteiger partial charge in [-0.25, -0.2) is 0 Å². The quantitative estimate of drug-likeness (QED) is 0.0516. The van der Waals surface area contributed by atoms with Crippen LogP contribution < -0.4 is 11.1 Å². The van der Waals surface area contributed by atoms with Gasteiger partial charge >= 0.3 is 11.9 Å². The highest BCUT2D eigenvalue weighted by molar-refractivity contribution is 8.15. The Morgan fingerprint density at radius 3 is 1.98 bits per heavy atom. The van der Waals surface area contributed by atoms with Crippen LogP contribution in [0.25, 0.3) is 0 Å². The Labute approximate surface area is 310 Å². The van der Waals surface area contributed by atoms with Gasteiger partial charge in [-0.1, -0.05) is 101 Å². The summed E-state index contributed by atoms with van der Waals surface area (Å²) in [6, 6.07) is 6.59. The summed E-state index contributed by atoms with van der Waals surface area (Å²) in [6.45, 7) is 10.9. The van der Waals surface area contributed by atoms with Crippen LogP contribution in [-0.2, 0) is 23.9 Å². The summed E-state index contributed by atoms with van der Waals surface area (Å²) in [5.74, 6) is -0.941. The van der Waals surface area contributed by atoms with Crippen molar-refractivity contribution in [1.82, 2.24) is 10.2 Å². The average Bonchev–Trinajstić information content (AvgIpc) is 3.40. The molecule has 1 aliphatic rings. The minimum absolute atomic E-state index is 0.0789. The lowest BCUT2D eigenvalue weighted by Gasteiger charge is -2.25. The maximum Gasteiger partial charge on any atom is 0.308 e. The average molecular weight is 730 g/mol. The fraction of sp³-hybridized carbons (Fsp3) is 0.692. The highest BCUT2D eigenvalue weighted by Gasteiger charge is 2.40. The lowest BCUT2D eigenvalue weighted by molar-refractivity contribution is -0.154. The Morgan fingerprint density at radius 2 is 1.41 bits per heavy atom. The summed E-state index contributed by atoms with van der Waals surface area (Å²) in [4.78, 5) is 61.0. The molecule has 1 saturated heterocycles. The summed E-state index contributed by atoms with van der Waals surface area (Å²) >= 11 is 1.29. The number of nitrogens with two attached hydrogens (primary N) is 1. The van der Waals surface area contributed by atoms with E-state index in [1.807, 2.05) is 27.7 Å². The number of benzene rings is 1.